The van der Waals surface area contributed by atoms with E-state index in [1.165, 1.54) is 18.2 Å². The molecule has 0 saturated heterocycles. The van der Waals surface area contributed by atoms with Crippen molar-refractivity contribution in [2.24, 2.45) is 14.0 Å². The average Bonchev–Trinajstić information content (AvgIpc) is 2.17. The highest BCUT2D eigenvalue weighted by molar-refractivity contribution is 6.74. The van der Waals surface area contributed by atoms with Gasteiger partial charge in [-0.2, -0.15) is 14.0 Å². The van der Waals surface area contributed by atoms with E-state index in [2.05, 4.69) is 14.0 Å². The van der Waals surface area contributed by atoms with Crippen LogP contribution in [0.5, 0.6) is 0 Å². The molecule has 0 aromatic carbocycles. The van der Waals surface area contributed by atoms with Gasteiger partial charge in [-0.25, -0.2) is 14.4 Å². The van der Waals surface area contributed by atoms with Crippen molar-refractivity contribution in [2.45, 2.75) is 39.8 Å². The van der Waals surface area contributed by atoms with Crippen LogP contribution in [0.1, 0.15) is 27.7 Å². The molecule has 0 aromatic heterocycles. The van der Waals surface area contributed by atoms with Crippen molar-refractivity contribution in [3.63, 3.8) is 0 Å². The van der Waals surface area contributed by atoms with E-state index in [-0.39, 0.29) is 12.1 Å². The van der Waals surface area contributed by atoms with E-state index in [0.717, 1.165) is 0 Å². The third-order valence-corrected chi connectivity index (χ3v) is 4.95. The van der Waals surface area contributed by atoms with E-state index in [4.69, 9.17) is 0 Å². The van der Waals surface area contributed by atoms with Gasteiger partial charge in [0.05, 0.1) is 0 Å². The number of nitrogens with zero attached hydrogens (tertiary/aromatic N) is 4. The van der Waals surface area contributed by atoms with Gasteiger partial charge in [0.15, 0.2) is 0 Å². The molecular weight excluding hydrogens is 240 g/mol. The van der Waals surface area contributed by atoms with Crippen LogP contribution in [-0.4, -0.2) is 43.6 Å². The lowest BCUT2D eigenvalue weighted by atomic mass is 10.3. The van der Waals surface area contributed by atoms with Crippen molar-refractivity contribution < 1.29 is 14.4 Å². The summed E-state index contributed by atoms with van der Waals surface area (Å²) < 4.78 is 12.1. The van der Waals surface area contributed by atoms with E-state index >= 15 is 0 Å². The first kappa shape index (κ1) is 15.3. The van der Waals surface area contributed by atoms with Crippen LogP contribution in [-0.2, 0) is 14.4 Å². The van der Waals surface area contributed by atoms with Gasteiger partial charge in [0.1, 0.15) is 0 Å². The quantitative estimate of drug-likeness (QED) is 0.393. The largest absolute Gasteiger partial charge is 0.559 e. The van der Waals surface area contributed by atoms with Crippen molar-refractivity contribution >= 4 is 27.0 Å². The summed E-state index contributed by atoms with van der Waals surface area (Å²) in [6.07, 6.45) is 3.95. The molecule has 0 unspecified atom stereocenters. The van der Waals surface area contributed by atoms with Gasteiger partial charge in [0, 0.05) is 12.1 Å². The van der Waals surface area contributed by atoms with E-state index < -0.39 is 8.72 Å². The summed E-state index contributed by atoms with van der Waals surface area (Å²) in [7, 11) is -3.61. The number of hydrogen-bond acceptors (Lipinski definition) is 7. The van der Waals surface area contributed by atoms with E-state index in [1.807, 2.05) is 27.7 Å². The molecule has 0 aliphatic rings. The van der Waals surface area contributed by atoms with Crippen LogP contribution in [0, 0.1) is 0 Å². The Morgan fingerprint density at radius 1 is 0.824 bits per heavy atom. The Bertz CT molecular complexity index is 351. The van der Waals surface area contributed by atoms with E-state index in [1.54, 1.807) is 4.57 Å². The second kappa shape index (κ2) is 6.80. The maximum Gasteiger partial charge on any atom is 0.559 e. The lowest BCUT2D eigenvalue weighted by Gasteiger charge is -2.34. The number of carbonyl (C=O) groups excluding carboxylic acids is 3. The fraction of sp³-hybridized carbons (Fsp3) is 0.667. The molecule has 0 radical (unpaired) electrons. The molecule has 7 nitrogen and oxygen atoms in total. The lowest BCUT2D eigenvalue weighted by molar-refractivity contribution is 0.290. The van der Waals surface area contributed by atoms with Gasteiger partial charge in [-0.3, -0.25) is 4.57 Å². The highest BCUT2D eigenvalue weighted by Crippen LogP contribution is 2.20. The molecule has 0 N–H and O–H groups in total. The van der Waals surface area contributed by atoms with Crippen LogP contribution in [0.3, 0.4) is 0 Å². The minimum Gasteiger partial charge on any atom is -0.264 e. The topological polar surface area (TPSA) is 91.5 Å². The molecule has 92 valence electrons. The highest BCUT2D eigenvalue weighted by atomic mass is 28.4. The molecule has 0 spiro atoms. The molecule has 0 bridgehead atoms. The van der Waals surface area contributed by atoms with Crippen molar-refractivity contribution in [1.82, 2.24) is 4.57 Å². The van der Waals surface area contributed by atoms with Crippen molar-refractivity contribution in [1.29, 1.82) is 0 Å². The average molecular weight is 254 g/mol. The third kappa shape index (κ3) is 3.67. The summed E-state index contributed by atoms with van der Waals surface area (Å²) in [5.41, 5.74) is 0. The van der Waals surface area contributed by atoms with Crippen LogP contribution < -0.4 is 0 Å². The first-order chi connectivity index (χ1) is 7.95. The number of rotatable bonds is 6. The predicted molar refractivity (Wildman–Crippen MR) is 62.2 cm³/mol. The molecule has 0 aliphatic heterocycles. The second-order valence-electron chi connectivity index (χ2n) is 3.80. The first-order valence-electron chi connectivity index (χ1n) is 5.00. The maximum atomic E-state index is 10.5. The molecule has 0 heterocycles. The van der Waals surface area contributed by atoms with Crippen LogP contribution in [0.25, 0.3) is 0 Å². The zero-order valence-corrected chi connectivity index (χ0v) is 11.2. The van der Waals surface area contributed by atoms with Crippen molar-refractivity contribution in [3.05, 3.63) is 0 Å². The normalized spacial score (nSPS) is 13.6. The number of hydrogen-bond donors (Lipinski definition) is 0. The van der Waals surface area contributed by atoms with Crippen LogP contribution >= 0.6 is 0 Å². The van der Waals surface area contributed by atoms with E-state index in [9.17, 15) is 14.4 Å². The minimum absolute atomic E-state index is 0.104. The molecule has 0 saturated carbocycles. The molecule has 0 amide bonds. The van der Waals surface area contributed by atoms with Gasteiger partial charge in [0.2, 0.25) is 18.2 Å². The summed E-state index contributed by atoms with van der Waals surface area (Å²) in [5.74, 6) is 0. The molecule has 0 atom stereocenters. The Morgan fingerprint density at radius 2 is 1.12 bits per heavy atom. The first-order valence-corrected chi connectivity index (χ1v) is 6.79. The van der Waals surface area contributed by atoms with Crippen molar-refractivity contribution in [2.75, 3.05) is 0 Å². The fourth-order valence-electron chi connectivity index (χ4n) is 1.72. The SMILES string of the molecule is CC(C)N(C(C)C)[Si](N=C=O)(N=C=O)N=C=O. The summed E-state index contributed by atoms with van der Waals surface area (Å²) in [5, 5.41) is 0. The smallest absolute Gasteiger partial charge is 0.264 e. The molecule has 0 aliphatic carbocycles. The molecule has 0 fully saturated rings. The molecule has 0 aromatic rings. The highest BCUT2D eigenvalue weighted by Gasteiger charge is 2.47. The molecule has 8 heteroatoms. The minimum atomic E-state index is -3.61. The third-order valence-electron chi connectivity index (χ3n) is 2.05. The summed E-state index contributed by atoms with van der Waals surface area (Å²) in [4.78, 5) is 31.4. The summed E-state index contributed by atoms with van der Waals surface area (Å²) in [6, 6.07) is -0.207. The van der Waals surface area contributed by atoms with Gasteiger partial charge < -0.3 is 0 Å². The Balaban J connectivity index is 5.93. The monoisotopic (exact) mass is 254 g/mol. The molecule has 0 rings (SSSR count). The maximum absolute atomic E-state index is 10.5. The Labute approximate surface area is 100 Å². The standard InChI is InChI=1S/C9H14N4O3Si/c1-8(2)13(9(3)4)17(10-5-14,11-6-15)12-7-16/h8-9H,1-4H3. The number of isocyanates is 3. The predicted octanol–water partition coefficient (Wildman–Crippen LogP) is 0.548. The summed E-state index contributed by atoms with van der Waals surface area (Å²) in [6.45, 7) is 7.29. The zero-order valence-electron chi connectivity index (χ0n) is 10.2. The van der Waals surface area contributed by atoms with Gasteiger partial charge in [-0.05, 0) is 0 Å². The fourth-order valence-corrected chi connectivity index (χ4v) is 3.97. The zero-order chi connectivity index (χ0) is 13.5. The van der Waals surface area contributed by atoms with Crippen LogP contribution in [0.4, 0.5) is 0 Å². The molecular formula is C9H14N4O3Si. The van der Waals surface area contributed by atoms with Gasteiger partial charge in [-0.15, -0.1) is 0 Å². The molecule has 17 heavy (non-hydrogen) atoms. The second-order valence-corrected chi connectivity index (χ2v) is 6.19. The van der Waals surface area contributed by atoms with Crippen LogP contribution in [0.15, 0.2) is 14.0 Å². The Hall–Kier alpha value is -1.68. The van der Waals surface area contributed by atoms with Gasteiger partial charge >= 0.3 is 8.72 Å². The summed E-state index contributed by atoms with van der Waals surface area (Å²) >= 11 is 0. The van der Waals surface area contributed by atoms with Crippen LogP contribution in [0.2, 0.25) is 0 Å². The Morgan fingerprint density at radius 3 is 1.29 bits per heavy atom. The van der Waals surface area contributed by atoms with E-state index in [0.29, 0.717) is 0 Å². The van der Waals surface area contributed by atoms with Gasteiger partial charge in [-0.1, -0.05) is 27.7 Å². The van der Waals surface area contributed by atoms with Gasteiger partial charge in [0.25, 0.3) is 0 Å². The Kier molecular flexibility index (Phi) is 6.13. The lowest BCUT2D eigenvalue weighted by Crippen LogP contribution is -2.56. The van der Waals surface area contributed by atoms with Crippen molar-refractivity contribution in [3.8, 4) is 0 Å².